The molecule has 0 unspecified atom stereocenters. The number of thiophene rings is 1. The summed E-state index contributed by atoms with van der Waals surface area (Å²) < 4.78 is 25.6. The first-order chi connectivity index (χ1) is 14.8. The van der Waals surface area contributed by atoms with Gasteiger partial charge in [-0.3, -0.25) is 4.79 Å². The lowest BCUT2D eigenvalue weighted by molar-refractivity contribution is -0.130. The van der Waals surface area contributed by atoms with Gasteiger partial charge in [-0.1, -0.05) is 23.9 Å². The zero-order chi connectivity index (χ0) is 22.0. The smallest absolute Gasteiger partial charge is 0.233 e. The van der Waals surface area contributed by atoms with Gasteiger partial charge in [0.15, 0.2) is 9.84 Å². The van der Waals surface area contributed by atoms with E-state index in [2.05, 4.69) is 21.6 Å². The molecule has 8 nitrogen and oxygen atoms in total. The molecule has 11 heteroatoms. The van der Waals surface area contributed by atoms with E-state index in [1.54, 1.807) is 20.9 Å². The fourth-order valence-electron chi connectivity index (χ4n) is 3.73. The molecule has 1 aliphatic heterocycles. The highest BCUT2D eigenvalue weighted by molar-refractivity contribution is 7.99. The van der Waals surface area contributed by atoms with Gasteiger partial charge in [-0.25, -0.2) is 8.42 Å². The third kappa shape index (κ3) is 5.34. The number of aromatic nitrogens is 4. The fourth-order valence-corrected chi connectivity index (χ4v) is 6.94. The number of carbonyl (C=O) groups excluding carboxylic acids is 1. The van der Waals surface area contributed by atoms with Crippen LogP contribution >= 0.6 is 23.1 Å². The maximum absolute atomic E-state index is 13.2. The van der Waals surface area contributed by atoms with Crippen LogP contribution < -0.4 is 0 Å². The van der Waals surface area contributed by atoms with Crippen LogP contribution in [0.3, 0.4) is 0 Å². The molecule has 4 rings (SSSR count). The average molecular weight is 478 g/mol. The summed E-state index contributed by atoms with van der Waals surface area (Å²) in [4.78, 5) is 15.9. The molecule has 31 heavy (non-hydrogen) atoms. The Morgan fingerprint density at radius 2 is 2.06 bits per heavy atom. The molecule has 2 aromatic heterocycles. The SMILES string of the molecule is Cc1cc(C)cc(-n2nnnc2SCC(=O)N(Cc2cccs2)[C@H]2CCS(=O)(=O)C2)c1. The summed E-state index contributed by atoms with van der Waals surface area (Å²) in [6.45, 7) is 4.43. The van der Waals surface area contributed by atoms with Gasteiger partial charge in [0.1, 0.15) is 0 Å². The maximum atomic E-state index is 13.2. The van der Waals surface area contributed by atoms with Crippen molar-refractivity contribution < 1.29 is 13.2 Å². The van der Waals surface area contributed by atoms with E-state index in [0.29, 0.717) is 18.1 Å². The van der Waals surface area contributed by atoms with Crippen molar-refractivity contribution >= 4 is 38.8 Å². The van der Waals surface area contributed by atoms with E-state index in [4.69, 9.17) is 0 Å². The molecule has 1 atom stereocenters. The normalized spacial score (nSPS) is 17.7. The first-order valence-electron chi connectivity index (χ1n) is 9.83. The number of aryl methyl sites for hydroxylation is 2. The molecule has 1 saturated heterocycles. The second kappa shape index (κ2) is 9.09. The molecular formula is C20H23N5O3S3. The second-order valence-electron chi connectivity index (χ2n) is 7.67. The quantitative estimate of drug-likeness (QED) is 0.483. The van der Waals surface area contributed by atoms with Gasteiger partial charge in [-0.05, 0) is 65.4 Å². The van der Waals surface area contributed by atoms with Crippen LogP contribution in [0.2, 0.25) is 0 Å². The fraction of sp³-hybridized carbons (Fsp3) is 0.400. The van der Waals surface area contributed by atoms with Crippen LogP contribution in [0, 0.1) is 13.8 Å². The Bertz CT molecular complexity index is 1150. The van der Waals surface area contributed by atoms with Crippen molar-refractivity contribution in [1.29, 1.82) is 0 Å². The Morgan fingerprint density at radius 1 is 1.29 bits per heavy atom. The minimum atomic E-state index is -3.10. The van der Waals surface area contributed by atoms with E-state index >= 15 is 0 Å². The van der Waals surface area contributed by atoms with Crippen molar-refractivity contribution in [2.45, 2.75) is 38.0 Å². The molecule has 0 radical (unpaired) electrons. The van der Waals surface area contributed by atoms with E-state index in [1.165, 1.54) is 11.8 Å². The highest BCUT2D eigenvalue weighted by Crippen LogP contribution is 2.25. The predicted octanol–water partition coefficient (Wildman–Crippen LogP) is 2.65. The largest absolute Gasteiger partial charge is 0.333 e. The van der Waals surface area contributed by atoms with Crippen LogP contribution in [-0.4, -0.2) is 62.7 Å². The standard InChI is InChI=1S/C20H23N5O3S3/c1-14-8-15(2)10-17(9-14)25-20(21-22-23-25)30-12-19(26)24(11-18-4-3-6-29-18)16-5-7-31(27,28)13-16/h3-4,6,8-10,16H,5,7,11-13H2,1-2H3/t16-/m0/s1. The number of carbonyl (C=O) groups is 1. The molecule has 0 bridgehead atoms. The third-order valence-electron chi connectivity index (χ3n) is 5.09. The number of amides is 1. The molecule has 0 spiro atoms. The maximum Gasteiger partial charge on any atom is 0.233 e. The number of rotatable bonds is 7. The Labute approximate surface area is 189 Å². The van der Waals surface area contributed by atoms with Gasteiger partial charge < -0.3 is 4.90 Å². The summed E-state index contributed by atoms with van der Waals surface area (Å²) in [6.07, 6.45) is 0.477. The van der Waals surface area contributed by atoms with Crippen LogP contribution in [0.1, 0.15) is 22.4 Å². The van der Waals surface area contributed by atoms with Crippen LogP contribution in [-0.2, 0) is 21.2 Å². The van der Waals surface area contributed by atoms with E-state index in [1.807, 2.05) is 43.5 Å². The van der Waals surface area contributed by atoms with Gasteiger partial charge in [-0.15, -0.1) is 16.4 Å². The Balaban J connectivity index is 1.50. The van der Waals surface area contributed by atoms with E-state index in [9.17, 15) is 13.2 Å². The Kier molecular flexibility index (Phi) is 6.44. The van der Waals surface area contributed by atoms with E-state index < -0.39 is 9.84 Å². The Hall–Kier alpha value is -2.24. The number of nitrogens with zero attached hydrogens (tertiary/aromatic N) is 5. The molecule has 3 heterocycles. The zero-order valence-electron chi connectivity index (χ0n) is 17.3. The zero-order valence-corrected chi connectivity index (χ0v) is 19.7. The van der Waals surface area contributed by atoms with Gasteiger partial charge in [0.2, 0.25) is 11.1 Å². The number of benzene rings is 1. The number of tetrazole rings is 1. The topological polar surface area (TPSA) is 98.1 Å². The van der Waals surface area contributed by atoms with Gasteiger partial charge in [0.05, 0.1) is 29.5 Å². The summed E-state index contributed by atoms with van der Waals surface area (Å²) in [5, 5.41) is 14.4. The Morgan fingerprint density at radius 3 is 2.71 bits per heavy atom. The predicted molar refractivity (Wildman–Crippen MR) is 121 cm³/mol. The van der Waals surface area contributed by atoms with Crippen LogP contribution in [0.25, 0.3) is 5.69 Å². The van der Waals surface area contributed by atoms with Crippen LogP contribution in [0.5, 0.6) is 0 Å². The average Bonchev–Trinajstić information content (AvgIpc) is 3.44. The lowest BCUT2D eigenvalue weighted by Crippen LogP contribution is -2.41. The van der Waals surface area contributed by atoms with Gasteiger partial charge in [-0.2, -0.15) is 4.68 Å². The summed E-state index contributed by atoms with van der Waals surface area (Å²) in [5.41, 5.74) is 3.04. The van der Waals surface area contributed by atoms with E-state index in [0.717, 1.165) is 21.7 Å². The lowest BCUT2D eigenvalue weighted by Gasteiger charge is -2.27. The van der Waals surface area contributed by atoms with Crippen molar-refractivity contribution in [3.63, 3.8) is 0 Å². The van der Waals surface area contributed by atoms with Crippen molar-refractivity contribution in [3.8, 4) is 5.69 Å². The molecule has 1 aromatic carbocycles. The number of sulfone groups is 1. The summed E-state index contributed by atoms with van der Waals surface area (Å²) in [7, 11) is -3.10. The first kappa shape index (κ1) is 22.0. The molecule has 164 valence electrons. The third-order valence-corrected chi connectivity index (χ3v) is 8.61. The second-order valence-corrected chi connectivity index (χ2v) is 11.9. The highest BCUT2D eigenvalue weighted by atomic mass is 32.2. The first-order valence-corrected chi connectivity index (χ1v) is 13.5. The van der Waals surface area contributed by atoms with Crippen LogP contribution in [0.15, 0.2) is 40.9 Å². The lowest BCUT2D eigenvalue weighted by atomic mass is 10.1. The molecular weight excluding hydrogens is 454 g/mol. The molecule has 1 fully saturated rings. The van der Waals surface area contributed by atoms with Crippen molar-refractivity contribution in [3.05, 3.63) is 51.7 Å². The van der Waals surface area contributed by atoms with Gasteiger partial charge in [0, 0.05) is 10.9 Å². The van der Waals surface area contributed by atoms with E-state index in [-0.39, 0.29) is 29.2 Å². The minimum absolute atomic E-state index is 0.0229. The summed E-state index contributed by atoms with van der Waals surface area (Å²) >= 11 is 2.82. The summed E-state index contributed by atoms with van der Waals surface area (Å²) in [5.74, 6) is 0.169. The molecule has 1 aliphatic rings. The molecule has 1 amide bonds. The van der Waals surface area contributed by atoms with Crippen molar-refractivity contribution in [2.75, 3.05) is 17.3 Å². The minimum Gasteiger partial charge on any atom is -0.333 e. The number of thioether (sulfide) groups is 1. The molecule has 0 N–H and O–H groups in total. The van der Waals surface area contributed by atoms with Gasteiger partial charge in [0.25, 0.3) is 0 Å². The number of hydrogen-bond acceptors (Lipinski definition) is 8. The monoisotopic (exact) mass is 477 g/mol. The molecule has 3 aromatic rings. The van der Waals surface area contributed by atoms with Crippen LogP contribution in [0.4, 0.5) is 0 Å². The van der Waals surface area contributed by atoms with Gasteiger partial charge >= 0.3 is 0 Å². The van der Waals surface area contributed by atoms with Crippen molar-refractivity contribution in [2.24, 2.45) is 0 Å². The number of hydrogen-bond donors (Lipinski definition) is 0. The summed E-state index contributed by atoms with van der Waals surface area (Å²) in [6, 6.07) is 9.64. The molecule has 0 aliphatic carbocycles. The molecule has 0 saturated carbocycles. The van der Waals surface area contributed by atoms with Crippen molar-refractivity contribution in [1.82, 2.24) is 25.1 Å². The highest BCUT2D eigenvalue weighted by Gasteiger charge is 2.35.